The van der Waals surface area contributed by atoms with Crippen LogP contribution in [0.1, 0.15) is 5.56 Å². The summed E-state index contributed by atoms with van der Waals surface area (Å²) >= 11 is 0. The Bertz CT molecular complexity index is 369. The first-order chi connectivity index (χ1) is 9.13. The SMILES string of the molecule is CN(C)CCN1CCN(Cc2ccc(O)cc2)CC1. The Morgan fingerprint density at radius 2 is 1.58 bits per heavy atom. The molecule has 0 bridgehead atoms. The zero-order valence-electron chi connectivity index (χ0n) is 12.0. The predicted molar refractivity (Wildman–Crippen MR) is 78.4 cm³/mol. The molecule has 0 aromatic heterocycles. The summed E-state index contributed by atoms with van der Waals surface area (Å²) in [6.07, 6.45) is 0. The van der Waals surface area contributed by atoms with Gasteiger partial charge in [-0.2, -0.15) is 0 Å². The molecular formula is C15H25N3O. The molecule has 1 heterocycles. The Balaban J connectivity index is 1.72. The molecule has 2 rings (SSSR count). The lowest BCUT2D eigenvalue weighted by molar-refractivity contribution is 0.120. The number of benzene rings is 1. The van der Waals surface area contributed by atoms with Gasteiger partial charge in [0.1, 0.15) is 5.75 Å². The van der Waals surface area contributed by atoms with Crippen LogP contribution >= 0.6 is 0 Å². The number of piperazine rings is 1. The van der Waals surface area contributed by atoms with E-state index in [-0.39, 0.29) is 0 Å². The van der Waals surface area contributed by atoms with Crippen LogP contribution in [0.3, 0.4) is 0 Å². The summed E-state index contributed by atoms with van der Waals surface area (Å²) in [6, 6.07) is 7.55. The number of phenols is 1. The van der Waals surface area contributed by atoms with Gasteiger partial charge in [0, 0.05) is 45.8 Å². The Kier molecular flexibility index (Phi) is 5.19. The molecule has 1 saturated heterocycles. The number of nitrogens with zero attached hydrogens (tertiary/aromatic N) is 3. The van der Waals surface area contributed by atoms with Crippen LogP contribution in [-0.2, 0) is 6.54 Å². The number of likely N-dealkylation sites (N-methyl/N-ethyl adjacent to an activating group) is 1. The van der Waals surface area contributed by atoms with Crippen molar-refractivity contribution in [3.05, 3.63) is 29.8 Å². The molecule has 0 atom stereocenters. The van der Waals surface area contributed by atoms with Crippen molar-refractivity contribution in [3.8, 4) is 5.75 Å². The average Bonchev–Trinajstić information content (AvgIpc) is 2.40. The minimum atomic E-state index is 0.345. The summed E-state index contributed by atoms with van der Waals surface area (Å²) in [4.78, 5) is 7.26. The first-order valence-corrected chi connectivity index (χ1v) is 7.01. The van der Waals surface area contributed by atoms with Gasteiger partial charge in [-0.05, 0) is 31.8 Å². The van der Waals surface area contributed by atoms with E-state index in [0.717, 1.165) is 39.3 Å². The molecule has 0 radical (unpaired) electrons. The Morgan fingerprint density at radius 1 is 1.00 bits per heavy atom. The highest BCUT2D eigenvalue weighted by atomic mass is 16.3. The summed E-state index contributed by atoms with van der Waals surface area (Å²) < 4.78 is 0. The molecule has 0 amide bonds. The highest BCUT2D eigenvalue weighted by molar-refractivity contribution is 5.25. The molecule has 1 fully saturated rings. The number of phenolic OH excluding ortho intramolecular Hbond substituents is 1. The molecule has 19 heavy (non-hydrogen) atoms. The maximum Gasteiger partial charge on any atom is 0.115 e. The summed E-state index contributed by atoms with van der Waals surface area (Å²) in [5.41, 5.74) is 1.28. The molecule has 0 saturated carbocycles. The van der Waals surface area contributed by atoms with E-state index in [9.17, 15) is 5.11 Å². The number of rotatable bonds is 5. The van der Waals surface area contributed by atoms with Gasteiger partial charge in [0.15, 0.2) is 0 Å². The molecule has 0 unspecified atom stereocenters. The van der Waals surface area contributed by atoms with Gasteiger partial charge in [-0.3, -0.25) is 9.80 Å². The molecule has 1 aliphatic heterocycles. The van der Waals surface area contributed by atoms with E-state index in [1.165, 1.54) is 12.1 Å². The van der Waals surface area contributed by atoms with E-state index in [0.29, 0.717) is 5.75 Å². The Morgan fingerprint density at radius 3 is 2.16 bits per heavy atom. The maximum absolute atomic E-state index is 9.28. The summed E-state index contributed by atoms with van der Waals surface area (Å²) in [5, 5.41) is 9.28. The average molecular weight is 263 g/mol. The molecular weight excluding hydrogens is 238 g/mol. The zero-order chi connectivity index (χ0) is 13.7. The van der Waals surface area contributed by atoms with Crippen molar-refractivity contribution in [1.29, 1.82) is 0 Å². The predicted octanol–water partition coefficient (Wildman–Crippen LogP) is 1.07. The fourth-order valence-corrected chi connectivity index (χ4v) is 2.37. The quantitative estimate of drug-likeness (QED) is 0.861. The maximum atomic E-state index is 9.28. The second kappa shape index (κ2) is 6.89. The number of hydrogen-bond donors (Lipinski definition) is 1. The van der Waals surface area contributed by atoms with E-state index in [1.54, 1.807) is 12.1 Å². The van der Waals surface area contributed by atoms with Gasteiger partial charge >= 0.3 is 0 Å². The fraction of sp³-hybridized carbons (Fsp3) is 0.600. The standard InChI is InChI=1S/C15H25N3O/c1-16(2)7-8-17-9-11-18(12-10-17)13-14-3-5-15(19)6-4-14/h3-6,19H,7-13H2,1-2H3. The van der Waals surface area contributed by atoms with E-state index in [4.69, 9.17) is 0 Å². The van der Waals surface area contributed by atoms with Crippen LogP contribution in [0, 0.1) is 0 Å². The van der Waals surface area contributed by atoms with Crippen molar-refractivity contribution >= 4 is 0 Å². The van der Waals surface area contributed by atoms with Gasteiger partial charge in [-0.15, -0.1) is 0 Å². The van der Waals surface area contributed by atoms with E-state index >= 15 is 0 Å². The Hall–Kier alpha value is -1.10. The second-order valence-corrected chi connectivity index (χ2v) is 5.59. The van der Waals surface area contributed by atoms with Crippen LogP contribution in [-0.4, -0.2) is 73.2 Å². The molecule has 4 nitrogen and oxygen atoms in total. The van der Waals surface area contributed by atoms with Gasteiger partial charge in [0.2, 0.25) is 0 Å². The summed E-state index contributed by atoms with van der Waals surface area (Å²) in [6.45, 7) is 7.88. The lowest BCUT2D eigenvalue weighted by atomic mass is 10.2. The highest BCUT2D eigenvalue weighted by Gasteiger charge is 2.16. The third-order valence-corrected chi connectivity index (χ3v) is 3.67. The van der Waals surface area contributed by atoms with Crippen LogP contribution in [0.2, 0.25) is 0 Å². The molecule has 1 N–H and O–H groups in total. The molecule has 106 valence electrons. The summed E-state index contributed by atoms with van der Waals surface area (Å²) in [7, 11) is 4.25. The monoisotopic (exact) mass is 263 g/mol. The second-order valence-electron chi connectivity index (χ2n) is 5.59. The lowest BCUT2D eigenvalue weighted by Gasteiger charge is -2.35. The van der Waals surface area contributed by atoms with E-state index < -0.39 is 0 Å². The molecule has 0 spiro atoms. The van der Waals surface area contributed by atoms with Crippen molar-refractivity contribution in [3.63, 3.8) is 0 Å². The first kappa shape index (κ1) is 14.3. The van der Waals surface area contributed by atoms with Crippen LogP contribution in [0.25, 0.3) is 0 Å². The topological polar surface area (TPSA) is 30.0 Å². The molecule has 0 aliphatic carbocycles. The number of hydrogen-bond acceptors (Lipinski definition) is 4. The summed E-state index contributed by atoms with van der Waals surface area (Å²) in [5.74, 6) is 0.345. The van der Waals surface area contributed by atoms with Crippen molar-refractivity contribution < 1.29 is 5.11 Å². The molecule has 4 heteroatoms. The van der Waals surface area contributed by atoms with Gasteiger partial charge in [0.25, 0.3) is 0 Å². The Labute approximate surface area is 116 Å². The minimum absolute atomic E-state index is 0.345. The van der Waals surface area contributed by atoms with Crippen LogP contribution in [0.5, 0.6) is 5.75 Å². The van der Waals surface area contributed by atoms with E-state index in [1.807, 2.05) is 12.1 Å². The van der Waals surface area contributed by atoms with Crippen molar-refractivity contribution in [2.45, 2.75) is 6.54 Å². The molecule has 1 aromatic carbocycles. The van der Waals surface area contributed by atoms with Gasteiger partial charge in [-0.25, -0.2) is 0 Å². The van der Waals surface area contributed by atoms with E-state index in [2.05, 4.69) is 28.8 Å². The molecule has 1 aromatic rings. The fourth-order valence-electron chi connectivity index (χ4n) is 2.37. The number of aromatic hydroxyl groups is 1. The third-order valence-electron chi connectivity index (χ3n) is 3.67. The smallest absolute Gasteiger partial charge is 0.115 e. The van der Waals surface area contributed by atoms with Crippen LogP contribution in [0.15, 0.2) is 24.3 Å². The highest BCUT2D eigenvalue weighted by Crippen LogP contribution is 2.13. The third kappa shape index (κ3) is 4.82. The first-order valence-electron chi connectivity index (χ1n) is 7.01. The van der Waals surface area contributed by atoms with Gasteiger partial charge in [0.05, 0.1) is 0 Å². The zero-order valence-corrected chi connectivity index (χ0v) is 12.0. The van der Waals surface area contributed by atoms with Crippen molar-refractivity contribution in [2.24, 2.45) is 0 Å². The van der Waals surface area contributed by atoms with Crippen LogP contribution < -0.4 is 0 Å². The van der Waals surface area contributed by atoms with Gasteiger partial charge in [-0.1, -0.05) is 12.1 Å². The largest absolute Gasteiger partial charge is 0.508 e. The normalized spacial score (nSPS) is 18.1. The van der Waals surface area contributed by atoms with Crippen LogP contribution in [0.4, 0.5) is 0 Å². The minimum Gasteiger partial charge on any atom is -0.508 e. The molecule has 1 aliphatic rings. The van der Waals surface area contributed by atoms with Crippen molar-refractivity contribution in [2.75, 3.05) is 53.4 Å². The van der Waals surface area contributed by atoms with Gasteiger partial charge < -0.3 is 10.0 Å². The lowest BCUT2D eigenvalue weighted by Crippen LogP contribution is -2.47. The van der Waals surface area contributed by atoms with Crippen molar-refractivity contribution in [1.82, 2.24) is 14.7 Å².